The van der Waals surface area contributed by atoms with Crippen LogP contribution in [0.1, 0.15) is 55.1 Å². The summed E-state index contributed by atoms with van der Waals surface area (Å²) in [5.41, 5.74) is 2.80. The number of carbonyl (C=O) groups is 1. The van der Waals surface area contributed by atoms with Gasteiger partial charge in [0.05, 0.1) is 0 Å². The zero-order chi connectivity index (χ0) is 19.7. The number of carbonyl (C=O) groups excluding carboxylic acids is 1. The average Bonchev–Trinajstić information content (AvgIpc) is 3.00. The average molecular weight is 380 g/mol. The van der Waals surface area contributed by atoms with Crippen LogP contribution in [-0.2, 0) is 13.0 Å². The highest BCUT2D eigenvalue weighted by Gasteiger charge is 2.32. The minimum Gasteiger partial charge on any atom is -0.485 e. The Balaban J connectivity index is 1.40. The molecule has 1 atom stereocenters. The molecule has 2 aliphatic rings. The fourth-order valence-corrected chi connectivity index (χ4v) is 4.16. The number of likely N-dealkylation sites (tertiary alicyclic amines) is 1. The molecular weight excluding hydrogens is 350 g/mol. The molecule has 4 rings (SSSR count). The monoisotopic (exact) mass is 379 g/mol. The second kappa shape index (κ2) is 7.50. The van der Waals surface area contributed by atoms with E-state index in [2.05, 4.69) is 26.8 Å². The second-order valence-electron chi connectivity index (χ2n) is 8.77. The van der Waals surface area contributed by atoms with E-state index in [0.717, 1.165) is 48.6 Å². The third-order valence-corrected chi connectivity index (χ3v) is 5.59. The summed E-state index contributed by atoms with van der Waals surface area (Å²) >= 11 is 0. The third-order valence-electron chi connectivity index (χ3n) is 5.59. The molecule has 4 heteroatoms. The number of piperidine rings is 1. The lowest BCUT2D eigenvalue weighted by molar-refractivity contribution is 0.0683. The quantitative estimate of drug-likeness (QED) is 0.762. The molecule has 0 bridgehead atoms. The Labute approximate surface area is 167 Å². The number of hydrogen-bond acceptors (Lipinski definition) is 3. The van der Waals surface area contributed by atoms with Gasteiger partial charge in [0.25, 0.3) is 5.91 Å². The standard InChI is InChI=1S/C24H29NO3/c1-17-6-5-13-25(15-17)23(26)19-11-9-18(10-12-19)16-27-21-8-4-7-20-14-24(2,3)28-22(20)21/h4,7-12,17H,5-6,13-16H2,1-3H3/t17-/m1/s1. The van der Waals surface area contributed by atoms with E-state index in [-0.39, 0.29) is 11.5 Å². The van der Waals surface area contributed by atoms with Crippen LogP contribution in [0.15, 0.2) is 42.5 Å². The fourth-order valence-electron chi connectivity index (χ4n) is 4.16. The summed E-state index contributed by atoms with van der Waals surface area (Å²) in [5.74, 6) is 2.37. The van der Waals surface area contributed by atoms with Gasteiger partial charge in [-0.25, -0.2) is 0 Å². The summed E-state index contributed by atoms with van der Waals surface area (Å²) < 4.78 is 12.1. The number of ether oxygens (including phenoxy) is 2. The predicted octanol–water partition coefficient (Wildman–Crippen LogP) is 4.85. The summed E-state index contributed by atoms with van der Waals surface area (Å²) in [6, 6.07) is 13.8. The molecule has 0 aromatic heterocycles. The first-order chi connectivity index (χ1) is 13.4. The number of para-hydroxylation sites is 1. The minimum absolute atomic E-state index is 0.135. The maximum absolute atomic E-state index is 12.7. The van der Waals surface area contributed by atoms with Crippen molar-refractivity contribution in [2.75, 3.05) is 13.1 Å². The molecule has 0 unspecified atom stereocenters. The third kappa shape index (κ3) is 4.01. The summed E-state index contributed by atoms with van der Waals surface area (Å²) in [5, 5.41) is 0. The normalized spacial score (nSPS) is 20.4. The van der Waals surface area contributed by atoms with Crippen molar-refractivity contribution in [1.29, 1.82) is 0 Å². The topological polar surface area (TPSA) is 38.8 Å². The molecule has 1 fully saturated rings. The van der Waals surface area contributed by atoms with E-state index in [0.29, 0.717) is 12.5 Å². The molecule has 1 saturated heterocycles. The number of amides is 1. The first-order valence-corrected chi connectivity index (χ1v) is 10.2. The molecule has 1 amide bonds. The smallest absolute Gasteiger partial charge is 0.253 e. The van der Waals surface area contributed by atoms with Gasteiger partial charge in [0.1, 0.15) is 12.2 Å². The lowest BCUT2D eigenvalue weighted by atomic mass is 9.99. The lowest BCUT2D eigenvalue weighted by Crippen LogP contribution is -2.39. The van der Waals surface area contributed by atoms with Crippen LogP contribution in [0.25, 0.3) is 0 Å². The Morgan fingerprint density at radius 3 is 2.75 bits per heavy atom. The van der Waals surface area contributed by atoms with Crippen LogP contribution >= 0.6 is 0 Å². The van der Waals surface area contributed by atoms with Crippen LogP contribution in [0.2, 0.25) is 0 Å². The zero-order valence-electron chi connectivity index (χ0n) is 17.0. The number of hydrogen-bond donors (Lipinski definition) is 0. The zero-order valence-corrected chi connectivity index (χ0v) is 17.0. The van der Waals surface area contributed by atoms with E-state index in [4.69, 9.17) is 9.47 Å². The Hall–Kier alpha value is -2.49. The Kier molecular flexibility index (Phi) is 5.05. The van der Waals surface area contributed by atoms with Crippen LogP contribution < -0.4 is 9.47 Å². The van der Waals surface area contributed by atoms with E-state index in [9.17, 15) is 4.79 Å². The number of rotatable bonds is 4. The minimum atomic E-state index is -0.185. The van der Waals surface area contributed by atoms with Gasteiger partial charge in [-0.2, -0.15) is 0 Å². The van der Waals surface area contributed by atoms with Gasteiger partial charge in [-0.1, -0.05) is 31.2 Å². The molecule has 0 radical (unpaired) electrons. The van der Waals surface area contributed by atoms with E-state index in [1.807, 2.05) is 41.3 Å². The van der Waals surface area contributed by atoms with E-state index in [1.165, 1.54) is 12.0 Å². The van der Waals surface area contributed by atoms with E-state index >= 15 is 0 Å². The molecule has 148 valence electrons. The molecule has 0 spiro atoms. The second-order valence-corrected chi connectivity index (χ2v) is 8.77. The molecule has 0 aliphatic carbocycles. The van der Waals surface area contributed by atoms with Crippen LogP contribution in [0.4, 0.5) is 0 Å². The van der Waals surface area contributed by atoms with Crippen molar-refractivity contribution < 1.29 is 14.3 Å². The van der Waals surface area contributed by atoms with E-state index < -0.39 is 0 Å². The van der Waals surface area contributed by atoms with Gasteiger partial charge in [0.15, 0.2) is 11.5 Å². The van der Waals surface area contributed by atoms with Crippen molar-refractivity contribution >= 4 is 5.91 Å². The van der Waals surface area contributed by atoms with Crippen molar-refractivity contribution in [2.45, 2.75) is 52.2 Å². The predicted molar refractivity (Wildman–Crippen MR) is 110 cm³/mol. The molecule has 0 saturated carbocycles. The SMILES string of the molecule is C[C@@H]1CCCN(C(=O)c2ccc(COc3cccc4c3OC(C)(C)C4)cc2)C1. The van der Waals surface area contributed by atoms with Crippen LogP contribution in [0.3, 0.4) is 0 Å². The van der Waals surface area contributed by atoms with Crippen LogP contribution in [-0.4, -0.2) is 29.5 Å². The van der Waals surface area contributed by atoms with Crippen molar-refractivity contribution in [1.82, 2.24) is 4.90 Å². The van der Waals surface area contributed by atoms with Crippen molar-refractivity contribution in [3.63, 3.8) is 0 Å². The Morgan fingerprint density at radius 1 is 1.21 bits per heavy atom. The highest BCUT2D eigenvalue weighted by Crippen LogP contribution is 2.41. The molecule has 2 aliphatic heterocycles. The summed E-state index contributed by atoms with van der Waals surface area (Å²) in [7, 11) is 0. The van der Waals surface area contributed by atoms with Crippen LogP contribution in [0, 0.1) is 5.92 Å². The number of fused-ring (bicyclic) bond motifs is 1. The summed E-state index contributed by atoms with van der Waals surface area (Å²) in [4.78, 5) is 14.7. The molecule has 2 aromatic rings. The van der Waals surface area contributed by atoms with E-state index in [1.54, 1.807) is 0 Å². The van der Waals surface area contributed by atoms with Gasteiger partial charge in [0, 0.05) is 30.6 Å². The molecule has 28 heavy (non-hydrogen) atoms. The van der Waals surface area contributed by atoms with Gasteiger partial charge in [-0.05, 0) is 56.4 Å². The van der Waals surface area contributed by atoms with Gasteiger partial charge < -0.3 is 14.4 Å². The largest absolute Gasteiger partial charge is 0.485 e. The van der Waals surface area contributed by atoms with Gasteiger partial charge in [-0.3, -0.25) is 4.79 Å². The van der Waals surface area contributed by atoms with Gasteiger partial charge in [-0.15, -0.1) is 0 Å². The fraction of sp³-hybridized carbons (Fsp3) is 0.458. The van der Waals surface area contributed by atoms with Crippen molar-refractivity contribution in [3.8, 4) is 11.5 Å². The van der Waals surface area contributed by atoms with Crippen molar-refractivity contribution in [3.05, 3.63) is 59.2 Å². The highest BCUT2D eigenvalue weighted by molar-refractivity contribution is 5.94. The maximum Gasteiger partial charge on any atom is 0.253 e. The molecule has 4 nitrogen and oxygen atoms in total. The number of benzene rings is 2. The summed E-state index contributed by atoms with van der Waals surface area (Å²) in [6.45, 7) is 8.58. The summed E-state index contributed by atoms with van der Waals surface area (Å²) in [6.07, 6.45) is 3.20. The Bertz CT molecular complexity index is 857. The highest BCUT2D eigenvalue weighted by atomic mass is 16.5. The van der Waals surface area contributed by atoms with Gasteiger partial charge in [0.2, 0.25) is 0 Å². The molecule has 0 N–H and O–H groups in total. The molecule has 2 aromatic carbocycles. The molecule has 2 heterocycles. The first-order valence-electron chi connectivity index (χ1n) is 10.2. The van der Waals surface area contributed by atoms with Crippen LogP contribution in [0.5, 0.6) is 11.5 Å². The molecular formula is C24H29NO3. The maximum atomic E-state index is 12.7. The Morgan fingerprint density at radius 2 is 2.00 bits per heavy atom. The first kappa shape index (κ1) is 18.9. The number of nitrogens with zero attached hydrogens (tertiary/aromatic N) is 1. The van der Waals surface area contributed by atoms with Gasteiger partial charge >= 0.3 is 0 Å². The lowest BCUT2D eigenvalue weighted by Gasteiger charge is -2.31. The van der Waals surface area contributed by atoms with Crippen molar-refractivity contribution in [2.24, 2.45) is 5.92 Å².